The molecule has 41 heavy (non-hydrogen) atoms. The number of aromatic nitrogens is 1. The van der Waals surface area contributed by atoms with E-state index in [0.29, 0.717) is 17.7 Å². The fourth-order valence-electron chi connectivity index (χ4n) is 4.77. The molecule has 1 atom stereocenters. The van der Waals surface area contributed by atoms with Crippen LogP contribution in [0.25, 0.3) is 11.1 Å². The van der Waals surface area contributed by atoms with E-state index in [0.717, 1.165) is 34.5 Å². The van der Waals surface area contributed by atoms with E-state index < -0.39 is 32.8 Å². The molecule has 6 nitrogen and oxygen atoms in total. The van der Waals surface area contributed by atoms with Crippen LogP contribution in [0.2, 0.25) is 0 Å². The quantitative estimate of drug-likeness (QED) is 0.172. The zero-order valence-corrected chi connectivity index (χ0v) is 23.3. The number of carbonyl (C=O) groups is 1. The molecule has 1 N–H and O–H groups in total. The minimum Gasteiger partial charge on any atom is -0.478 e. The number of hydrogen-bond donors (Lipinski definition) is 1. The highest BCUT2D eigenvalue weighted by atomic mass is 32.2. The van der Waals surface area contributed by atoms with Crippen molar-refractivity contribution in [3.05, 3.63) is 119 Å². The summed E-state index contributed by atoms with van der Waals surface area (Å²) >= 11 is 0. The maximum Gasteiger partial charge on any atom is 0.534 e. The topological polar surface area (TPSA) is 93.6 Å². The number of rotatable bonds is 8. The lowest BCUT2D eigenvalue weighted by atomic mass is 9.78. The highest BCUT2D eigenvalue weighted by Gasteiger charge is 2.48. The van der Waals surface area contributed by atoms with Crippen molar-refractivity contribution in [2.45, 2.75) is 44.0 Å². The Morgan fingerprint density at radius 1 is 0.927 bits per heavy atom. The van der Waals surface area contributed by atoms with E-state index in [-0.39, 0.29) is 11.5 Å². The first-order valence-corrected chi connectivity index (χ1v) is 14.1. The average molecular weight is 584 g/mol. The van der Waals surface area contributed by atoms with E-state index in [4.69, 9.17) is 0 Å². The highest BCUT2D eigenvalue weighted by Crippen LogP contribution is 2.38. The van der Waals surface area contributed by atoms with E-state index in [2.05, 4.69) is 9.17 Å². The Morgan fingerprint density at radius 3 is 2.20 bits per heavy atom. The van der Waals surface area contributed by atoms with Gasteiger partial charge in [-0.1, -0.05) is 87.5 Å². The number of pyridine rings is 1. The Kier molecular flexibility index (Phi) is 8.26. The zero-order chi connectivity index (χ0) is 30.0. The van der Waals surface area contributed by atoms with Crippen LogP contribution in [0.1, 0.15) is 59.4 Å². The molecule has 0 bridgehead atoms. The molecule has 0 aliphatic heterocycles. The van der Waals surface area contributed by atoms with Crippen LogP contribution in [0.3, 0.4) is 0 Å². The van der Waals surface area contributed by atoms with E-state index >= 15 is 0 Å². The molecule has 10 heteroatoms. The average Bonchev–Trinajstić information content (AvgIpc) is 2.91. The van der Waals surface area contributed by atoms with Crippen molar-refractivity contribution in [1.29, 1.82) is 0 Å². The number of hydrogen-bond acceptors (Lipinski definition) is 5. The summed E-state index contributed by atoms with van der Waals surface area (Å²) in [6.45, 7) is 5.85. The van der Waals surface area contributed by atoms with Crippen LogP contribution in [0, 0.1) is 0 Å². The van der Waals surface area contributed by atoms with E-state index in [1.165, 1.54) is 6.07 Å². The van der Waals surface area contributed by atoms with Gasteiger partial charge in [0.05, 0.1) is 11.8 Å². The van der Waals surface area contributed by atoms with Gasteiger partial charge < -0.3 is 9.29 Å². The second kappa shape index (κ2) is 11.4. The van der Waals surface area contributed by atoms with Gasteiger partial charge in [-0.3, -0.25) is 4.98 Å². The largest absolute Gasteiger partial charge is 0.534 e. The van der Waals surface area contributed by atoms with Crippen molar-refractivity contribution >= 4 is 16.1 Å². The van der Waals surface area contributed by atoms with Crippen molar-refractivity contribution in [3.63, 3.8) is 0 Å². The maximum atomic E-state index is 12.8. The minimum atomic E-state index is -5.83. The molecular formula is C31H28F3NO5S. The lowest BCUT2D eigenvalue weighted by Crippen LogP contribution is -2.28. The molecule has 0 aliphatic carbocycles. The van der Waals surface area contributed by atoms with Gasteiger partial charge in [-0.15, -0.1) is 0 Å². The molecule has 1 unspecified atom stereocenters. The Bertz CT molecular complexity index is 1650. The molecule has 1 aromatic heterocycles. The Hall–Kier alpha value is -4.18. The van der Waals surface area contributed by atoms with Crippen LogP contribution in [-0.4, -0.2) is 30.0 Å². The van der Waals surface area contributed by atoms with Crippen molar-refractivity contribution in [3.8, 4) is 16.9 Å². The molecule has 0 aliphatic rings. The Labute approximate surface area is 236 Å². The van der Waals surface area contributed by atoms with Crippen LogP contribution in [0.4, 0.5) is 13.2 Å². The molecule has 0 spiro atoms. The van der Waals surface area contributed by atoms with E-state index in [1.807, 2.05) is 81.4 Å². The molecule has 3 aromatic carbocycles. The lowest BCUT2D eigenvalue weighted by Gasteiger charge is -2.26. The number of aromatic carboxylic acids is 1. The van der Waals surface area contributed by atoms with Crippen LogP contribution < -0.4 is 4.18 Å². The van der Waals surface area contributed by atoms with Gasteiger partial charge in [-0.25, -0.2) is 4.79 Å². The third kappa shape index (κ3) is 6.77. The summed E-state index contributed by atoms with van der Waals surface area (Å²) in [5.74, 6) is -1.95. The summed E-state index contributed by atoms with van der Waals surface area (Å²) in [5, 5.41) is 9.87. The third-order valence-corrected chi connectivity index (χ3v) is 7.51. The van der Waals surface area contributed by atoms with Gasteiger partial charge in [0.2, 0.25) is 0 Å². The minimum absolute atomic E-state index is 0.215. The Morgan fingerprint density at radius 2 is 1.61 bits per heavy atom. The second-order valence-electron chi connectivity index (χ2n) is 10.6. The summed E-state index contributed by atoms with van der Waals surface area (Å²) in [5.41, 5.74) is -1.27. The van der Waals surface area contributed by atoms with Gasteiger partial charge in [0, 0.05) is 11.6 Å². The van der Waals surface area contributed by atoms with Gasteiger partial charge in [0.1, 0.15) is 0 Å². The fourth-order valence-corrected chi connectivity index (χ4v) is 5.21. The molecule has 0 fully saturated rings. The van der Waals surface area contributed by atoms with Gasteiger partial charge in [-0.2, -0.15) is 21.6 Å². The van der Waals surface area contributed by atoms with Gasteiger partial charge >= 0.3 is 21.6 Å². The summed E-state index contributed by atoms with van der Waals surface area (Å²) in [6, 6.07) is 24.9. The first kappa shape index (κ1) is 29.8. The van der Waals surface area contributed by atoms with Gasteiger partial charge in [0.25, 0.3) is 0 Å². The van der Waals surface area contributed by atoms with Crippen LogP contribution in [-0.2, 0) is 22.0 Å². The molecule has 4 aromatic rings. The van der Waals surface area contributed by atoms with Gasteiger partial charge in [-0.05, 0) is 57.9 Å². The number of carboxylic acids is 1. The second-order valence-corrected chi connectivity index (χ2v) is 12.1. The molecule has 0 radical (unpaired) electrons. The van der Waals surface area contributed by atoms with E-state index in [9.17, 15) is 31.5 Å². The molecule has 1 heterocycles. The summed E-state index contributed by atoms with van der Waals surface area (Å²) < 4.78 is 65.4. The molecule has 4 rings (SSSR count). The molecule has 0 saturated carbocycles. The smallest absolute Gasteiger partial charge is 0.478 e. The normalized spacial score (nSPS) is 13.0. The first-order valence-electron chi connectivity index (χ1n) is 12.6. The number of alkyl halides is 3. The number of halogens is 3. The maximum absolute atomic E-state index is 12.8. The fraction of sp³-hybridized carbons (Fsp3) is 0.226. The molecule has 0 amide bonds. The number of benzene rings is 3. The number of nitrogens with zero attached hydrogens (tertiary/aromatic N) is 1. The van der Waals surface area contributed by atoms with Crippen LogP contribution >= 0.6 is 0 Å². The van der Waals surface area contributed by atoms with Crippen LogP contribution in [0.15, 0.2) is 91.1 Å². The zero-order valence-electron chi connectivity index (χ0n) is 22.5. The molecule has 0 saturated heterocycles. The monoisotopic (exact) mass is 583 g/mol. The van der Waals surface area contributed by atoms with Crippen molar-refractivity contribution < 1.29 is 35.7 Å². The summed E-state index contributed by atoms with van der Waals surface area (Å²) in [7, 11) is -5.83. The summed E-state index contributed by atoms with van der Waals surface area (Å²) in [6.07, 6.45) is 1.44. The van der Waals surface area contributed by atoms with Crippen molar-refractivity contribution in [2.24, 2.45) is 0 Å². The Balaban J connectivity index is 1.80. The SMILES string of the molecule is CC(C)(C)c1c(C(=O)O)cccc1-c1cccc(C(Cc2ccccc2)c2ccc(OS(=O)(=O)C(F)(F)F)cn2)c1. The predicted molar refractivity (Wildman–Crippen MR) is 149 cm³/mol. The van der Waals surface area contributed by atoms with Crippen molar-refractivity contribution in [2.75, 3.05) is 0 Å². The predicted octanol–water partition coefficient (Wildman–Crippen LogP) is 7.35. The third-order valence-electron chi connectivity index (χ3n) is 6.53. The standard InChI is InChI=1S/C31H28F3NO5S/c1-30(2,3)28-24(13-8-14-25(28)29(36)37)21-11-7-12-22(18-21)26(17-20-9-5-4-6-10-20)27-16-15-23(19-35-27)40-41(38,39)31(32,33)34/h4-16,18-19,26H,17H2,1-3H3,(H,36,37). The molecule has 214 valence electrons. The van der Waals surface area contributed by atoms with E-state index in [1.54, 1.807) is 12.1 Å². The first-order chi connectivity index (χ1) is 19.2. The molecular weight excluding hydrogens is 555 g/mol. The lowest BCUT2D eigenvalue weighted by molar-refractivity contribution is -0.0500. The number of carboxylic acid groups (broad SMARTS) is 1. The van der Waals surface area contributed by atoms with Gasteiger partial charge in [0.15, 0.2) is 5.75 Å². The summed E-state index contributed by atoms with van der Waals surface area (Å²) in [4.78, 5) is 16.3. The van der Waals surface area contributed by atoms with Crippen LogP contribution in [0.5, 0.6) is 5.75 Å². The highest BCUT2D eigenvalue weighted by molar-refractivity contribution is 7.88. The van der Waals surface area contributed by atoms with Crippen molar-refractivity contribution in [1.82, 2.24) is 4.98 Å².